The molecule has 2 N–H and O–H groups in total. The first-order valence-corrected chi connectivity index (χ1v) is 6.81. The maximum Gasteiger partial charge on any atom is 0.223 e. The molecule has 1 aromatic rings. The van der Waals surface area contributed by atoms with Crippen LogP contribution in [0.2, 0.25) is 5.02 Å². The van der Waals surface area contributed by atoms with Crippen LogP contribution in [0.15, 0.2) is 18.2 Å². The normalized spacial score (nSPS) is 21.8. The van der Waals surface area contributed by atoms with Crippen LogP contribution < -0.4 is 10.6 Å². The zero-order valence-corrected chi connectivity index (χ0v) is 13.0. The zero-order chi connectivity index (χ0) is 14.0. The largest absolute Gasteiger partial charge is 0.354 e. The Labute approximate surface area is 129 Å². The molecule has 0 spiro atoms. The van der Waals surface area contributed by atoms with Crippen LogP contribution in [0.3, 0.4) is 0 Å². The fourth-order valence-electron chi connectivity index (χ4n) is 2.16. The summed E-state index contributed by atoms with van der Waals surface area (Å²) in [6.45, 7) is 2.56. The van der Waals surface area contributed by atoms with Crippen molar-refractivity contribution < 1.29 is 9.18 Å². The van der Waals surface area contributed by atoms with Crippen molar-refractivity contribution >= 4 is 29.9 Å². The van der Waals surface area contributed by atoms with Crippen LogP contribution >= 0.6 is 24.0 Å². The molecule has 1 aliphatic carbocycles. The van der Waals surface area contributed by atoms with Crippen LogP contribution in [0, 0.1) is 11.7 Å². The Bertz CT molecular complexity index is 464. The smallest absolute Gasteiger partial charge is 0.223 e. The van der Waals surface area contributed by atoms with Crippen molar-refractivity contribution in [3.63, 3.8) is 0 Å². The lowest BCUT2D eigenvalue weighted by molar-refractivity contribution is -0.122. The van der Waals surface area contributed by atoms with E-state index >= 15 is 0 Å². The van der Waals surface area contributed by atoms with Gasteiger partial charge in [-0.1, -0.05) is 17.7 Å². The van der Waals surface area contributed by atoms with Crippen molar-refractivity contribution in [2.75, 3.05) is 13.6 Å². The van der Waals surface area contributed by atoms with Gasteiger partial charge in [0.15, 0.2) is 0 Å². The highest BCUT2D eigenvalue weighted by molar-refractivity contribution is 6.31. The van der Waals surface area contributed by atoms with Crippen LogP contribution in [0.4, 0.5) is 4.39 Å². The number of likely N-dealkylation sites (N-methyl/N-ethyl adjacent to an activating group) is 1. The third-order valence-corrected chi connectivity index (χ3v) is 3.90. The van der Waals surface area contributed by atoms with Crippen LogP contribution in [0.25, 0.3) is 0 Å². The van der Waals surface area contributed by atoms with E-state index in [0.29, 0.717) is 23.6 Å². The molecule has 1 saturated carbocycles. The summed E-state index contributed by atoms with van der Waals surface area (Å²) in [7, 11) is 1.84. The van der Waals surface area contributed by atoms with E-state index in [9.17, 15) is 9.18 Å². The molecule has 2 rings (SSSR count). The number of hydrogen-bond donors (Lipinski definition) is 2. The summed E-state index contributed by atoms with van der Waals surface area (Å²) in [5, 5.41) is 6.32. The Kier molecular flexibility index (Phi) is 6.24. The van der Waals surface area contributed by atoms with Crippen molar-refractivity contribution in [2.45, 2.75) is 25.3 Å². The predicted molar refractivity (Wildman–Crippen MR) is 81.0 cm³/mol. The van der Waals surface area contributed by atoms with Crippen molar-refractivity contribution in [1.82, 2.24) is 10.6 Å². The second-order valence-electron chi connectivity index (χ2n) is 5.02. The highest BCUT2D eigenvalue weighted by Crippen LogP contribution is 2.50. The molecule has 0 aliphatic heterocycles. The summed E-state index contributed by atoms with van der Waals surface area (Å²) in [4.78, 5) is 11.9. The lowest BCUT2D eigenvalue weighted by Crippen LogP contribution is -2.38. The SMILES string of the molecule is CNC(C)CNC(=O)C1CC1c1c(F)cccc1Cl.Cl. The first kappa shape index (κ1) is 17.2. The van der Waals surface area contributed by atoms with Gasteiger partial charge in [0.25, 0.3) is 0 Å². The second-order valence-corrected chi connectivity index (χ2v) is 5.43. The maximum atomic E-state index is 13.7. The average molecular weight is 321 g/mol. The molecule has 0 saturated heterocycles. The van der Waals surface area contributed by atoms with Gasteiger partial charge in [0.1, 0.15) is 5.82 Å². The van der Waals surface area contributed by atoms with Gasteiger partial charge in [-0.05, 0) is 32.5 Å². The summed E-state index contributed by atoms with van der Waals surface area (Å²) in [5.74, 6) is -0.583. The van der Waals surface area contributed by atoms with Crippen molar-refractivity contribution in [1.29, 1.82) is 0 Å². The molecule has 1 amide bonds. The summed E-state index contributed by atoms with van der Waals surface area (Å²) < 4.78 is 13.7. The molecule has 3 unspecified atom stereocenters. The standard InChI is InChI=1S/C14H18ClFN2O.ClH/c1-8(17-2)7-18-14(19)10-6-9(10)13-11(15)4-3-5-12(13)16;/h3-5,8-10,17H,6-7H2,1-2H3,(H,18,19);1H. The minimum atomic E-state index is -0.323. The number of hydrogen-bond acceptors (Lipinski definition) is 2. The second kappa shape index (κ2) is 7.25. The van der Waals surface area contributed by atoms with Gasteiger partial charge in [0.05, 0.1) is 0 Å². The number of carbonyl (C=O) groups is 1. The first-order valence-electron chi connectivity index (χ1n) is 6.43. The predicted octanol–water partition coefficient (Wildman–Crippen LogP) is 2.73. The summed E-state index contributed by atoms with van der Waals surface area (Å²) in [6, 6.07) is 4.85. The number of amides is 1. The van der Waals surface area contributed by atoms with E-state index in [1.807, 2.05) is 14.0 Å². The number of halogens is 3. The molecule has 0 heterocycles. The Morgan fingerprint density at radius 2 is 2.25 bits per heavy atom. The fraction of sp³-hybridized carbons (Fsp3) is 0.500. The van der Waals surface area contributed by atoms with E-state index in [-0.39, 0.29) is 42.0 Å². The van der Waals surface area contributed by atoms with Gasteiger partial charge >= 0.3 is 0 Å². The molecule has 3 atom stereocenters. The van der Waals surface area contributed by atoms with Crippen LogP contribution in [-0.4, -0.2) is 25.5 Å². The maximum absolute atomic E-state index is 13.7. The molecular formula is C14H19Cl2FN2O. The molecule has 6 heteroatoms. The van der Waals surface area contributed by atoms with Gasteiger partial charge in [-0.25, -0.2) is 4.39 Å². The van der Waals surface area contributed by atoms with Crippen LogP contribution in [0.1, 0.15) is 24.8 Å². The van der Waals surface area contributed by atoms with Gasteiger partial charge in [0.2, 0.25) is 5.91 Å². The summed E-state index contributed by atoms with van der Waals surface area (Å²) in [5.41, 5.74) is 0.478. The van der Waals surface area contributed by atoms with E-state index < -0.39 is 0 Å². The minimum Gasteiger partial charge on any atom is -0.354 e. The van der Waals surface area contributed by atoms with Crippen molar-refractivity contribution in [2.24, 2.45) is 5.92 Å². The van der Waals surface area contributed by atoms with E-state index in [2.05, 4.69) is 10.6 Å². The number of rotatable bonds is 5. The van der Waals surface area contributed by atoms with E-state index in [0.717, 1.165) is 0 Å². The fourth-order valence-corrected chi connectivity index (χ4v) is 2.46. The van der Waals surface area contributed by atoms with Gasteiger partial charge in [-0.2, -0.15) is 0 Å². The Balaban J connectivity index is 0.00000200. The molecule has 3 nitrogen and oxygen atoms in total. The molecular weight excluding hydrogens is 302 g/mol. The van der Waals surface area contributed by atoms with E-state index in [1.54, 1.807) is 12.1 Å². The molecule has 0 aromatic heterocycles. The molecule has 1 aromatic carbocycles. The quantitative estimate of drug-likeness (QED) is 0.875. The van der Waals surface area contributed by atoms with E-state index in [1.165, 1.54) is 6.07 Å². The Hall–Kier alpha value is -0.840. The number of benzene rings is 1. The lowest BCUT2D eigenvalue weighted by atomic mass is 10.1. The van der Waals surface area contributed by atoms with Gasteiger partial charge in [-0.3, -0.25) is 4.79 Å². The Morgan fingerprint density at radius 3 is 2.85 bits per heavy atom. The summed E-state index contributed by atoms with van der Waals surface area (Å²) >= 11 is 6.00. The minimum absolute atomic E-state index is 0. The third-order valence-electron chi connectivity index (χ3n) is 3.57. The molecule has 0 bridgehead atoms. The van der Waals surface area contributed by atoms with Crippen molar-refractivity contribution in [3.8, 4) is 0 Å². The molecule has 112 valence electrons. The molecule has 20 heavy (non-hydrogen) atoms. The third kappa shape index (κ3) is 3.84. The van der Waals surface area contributed by atoms with Crippen LogP contribution in [-0.2, 0) is 4.79 Å². The van der Waals surface area contributed by atoms with Gasteiger partial charge < -0.3 is 10.6 Å². The Morgan fingerprint density at radius 1 is 1.55 bits per heavy atom. The summed E-state index contributed by atoms with van der Waals surface area (Å²) in [6.07, 6.45) is 0.667. The number of nitrogens with one attached hydrogen (secondary N) is 2. The van der Waals surface area contributed by atoms with Gasteiger partial charge in [0, 0.05) is 35.0 Å². The highest BCUT2D eigenvalue weighted by atomic mass is 35.5. The van der Waals surface area contributed by atoms with Crippen molar-refractivity contribution in [3.05, 3.63) is 34.6 Å². The monoisotopic (exact) mass is 320 g/mol. The van der Waals surface area contributed by atoms with Crippen LogP contribution in [0.5, 0.6) is 0 Å². The highest BCUT2D eigenvalue weighted by Gasteiger charge is 2.46. The topological polar surface area (TPSA) is 41.1 Å². The zero-order valence-electron chi connectivity index (χ0n) is 11.5. The molecule has 1 fully saturated rings. The van der Waals surface area contributed by atoms with E-state index in [4.69, 9.17) is 11.6 Å². The molecule has 0 radical (unpaired) electrons. The lowest BCUT2D eigenvalue weighted by Gasteiger charge is -2.11. The molecule has 1 aliphatic rings. The van der Waals surface area contributed by atoms with Gasteiger partial charge in [-0.15, -0.1) is 12.4 Å². The average Bonchev–Trinajstić information content (AvgIpc) is 3.15. The number of carbonyl (C=O) groups excluding carboxylic acids is 1. The first-order chi connectivity index (χ1) is 9.04.